The number of hydrogen-bond donors (Lipinski definition) is 2. The number of benzene rings is 2. The van der Waals surface area contributed by atoms with E-state index in [1.807, 2.05) is 42.2 Å². The van der Waals surface area contributed by atoms with E-state index in [0.717, 1.165) is 28.8 Å². The predicted molar refractivity (Wildman–Crippen MR) is 142 cm³/mol. The maximum absolute atomic E-state index is 13.6. The quantitative estimate of drug-likeness (QED) is 0.342. The fourth-order valence-corrected chi connectivity index (χ4v) is 4.94. The third kappa shape index (κ3) is 5.03. The Balaban J connectivity index is 1.43. The number of fused-ring (bicyclic) bond motifs is 3. The van der Waals surface area contributed by atoms with E-state index in [1.54, 1.807) is 19.1 Å². The van der Waals surface area contributed by atoms with Crippen LogP contribution in [-0.4, -0.2) is 34.0 Å². The van der Waals surface area contributed by atoms with E-state index >= 15 is 0 Å². The van der Waals surface area contributed by atoms with Gasteiger partial charge in [0.05, 0.1) is 12.5 Å². The van der Waals surface area contributed by atoms with Crippen LogP contribution >= 0.6 is 0 Å². The van der Waals surface area contributed by atoms with Gasteiger partial charge in [-0.2, -0.15) is 0 Å². The van der Waals surface area contributed by atoms with Crippen LogP contribution in [0.5, 0.6) is 11.5 Å². The Morgan fingerprint density at radius 2 is 1.97 bits per heavy atom. The zero-order valence-electron chi connectivity index (χ0n) is 21.0. The van der Waals surface area contributed by atoms with Crippen molar-refractivity contribution in [2.75, 3.05) is 13.2 Å². The Kier molecular flexibility index (Phi) is 6.61. The summed E-state index contributed by atoms with van der Waals surface area (Å²) in [5.74, 6) is -0.0637. The summed E-state index contributed by atoms with van der Waals surface area (Å²) in [7, 11) is 0. The number of para-hydroxylation sites is 1. The highest BCUT2D eigenvalue weighted by Crippen LogP contribution is 2.35. The number of carbonyl (C=O) groups excluding carboxylic acids is 1. The van der Waals surface area contributed by atoms with Crippen molar-refractivity contribution in [3.05, 3.63) is 105 Å². The molecule has 7 heteroatoms. The zero-order valence-corrected chi connectivity index (χ0v) is 21.0. The minimum absolute atomic E-state index is 0.0431. The van der Waals surface area contributed by atoms with Crippen molar-refractivity contribution in [2.45, 2.75) is 39.2 Å². The minimum atomic E-state index is -0.639. The fraction of sp³-hybridized carbons (Fsp3) is 0.267. The Morgan fingerprint density at radius 3 is 2.73 bits per heavy atom. The van der Waals surface area contributed by atoms with E-state index < -0.39 is 17.1 Å². The molecule has 1 aliphatic heterocycles. The maximum Gasteiger partial charge on any atom is 0.227 e. The Bertz CT molecular complexity index is 1530. The van der Waals surface area contributed by atoms with Crippen molar-refractivity contribution in [2.24, 2.45) is 0 Å². The molecule has 190 valence electrons. The second-order valence-electron chi connectivity index (χ2n) is 9.70. The lowest BCUT2D eigenvalue weighted by Gasteiger charge is -2.29. The van der Waals surface area contributed by atoms with Crippen LogP contribution in [-0.2, 0) is 17.8 Å². The Morgan fingerprint density at radius 1 is 1.22 bits per heavy atom. The van der Waals surface area contributed by atoms with Crippen molar-refractivity contribution >= 4 is 16.8 Å². The summed E-state index contributed by atoms with van der Waals surface area (Å²) in [6, 6.07) is 16.7. The van der Waals surface area contributed by atoms with Crippen LogP contribution < -0.4 is 10.2 Å². The van der Waals surface area contributed by atoms with E-state index in [0.29, 0.717) is 31.2 Å². The molecule has 2 aromatic carbocycles. The van der Waals surface area contributed by atoms with Crippen LogP contribution in [0.3, 0.4) is 0 Å². The fourth-order valence-electron chi connectivity index (χ4n) is 4.94. The molecule has 0 saturated carbocycles. The number of nitrogens with zero attached hydrogens (tertiary/aromatic N) is 1. The number of hydrogen-bond acceptors (Lipinski definition) is 5. The van der Waals surface area contributed by atoms with Gasteiger partial charge in [-0.05, 0) is 55.2 Å². The number of aryl methyl sites for hydroxylation is 1. The number of nitrogens with one attached hydrogen (secondary N) is 1. The molecule has 0 aliphatic carbocycles. The van der Waals surface area contributed by atoms with E-state index in [4.69, 9.17) is 9.15 Å². The first-order valence-corrected chi connectivity index (χ1v) is 12.4. The summed E-state index contributed by atoms with van der Waals surface area (Å²) in [4.78, 5) is 31.2. The van der Waals surface area contributed by atoms with Gasteiger partial charge in [0.15, 0.2) is 5.76 Å². The van der Waals surface area contributed by atoms with Crippen molar-refractivity contribution in [3.63, 3.8) is 0 Å². The first-order valence-electron chi connectivity index (χ1n) is 12.4. The average molecular weight is 499 g/mol. The van der Waals surface area contributed by atoms with Gasteiger partial charge in [0, 0.05) is 35.6 Å². The minimum Gasteiger partial charge on any atom is -0.502 e. The number of ether oxygens (including phenoxy) is 1. The summed E-state index contributed by atoms with van der Waals surface area (Å²) in [6.07, 6.45) is 0.802. The molecular formula is C30H30N2O5. The van der Waals surface area contributed by atoms with Crippen LogP contribution in [0.4, 0.5) is 0 Å². The Hall–Kier alpha value is -4.26. The molecule has 5 rings (SSSR count). The second kappa shape index (κ2) is 10.0. The molecule has 4 aromatic rings. The lowest BCUT2D eigenvalue weighted by molar-refractivity contribution is -0.132. The normalized spacial score (nSPS) is 13.8. The second-order valence-corrected chi connectivity index (χ2v) is 9.70. The van der Waals surface area contributed by atoms with Gasteiger partial charge in [-0.25, -0.2) is 0 Å². The van der Waals surface area contributed by atoms with Crippen LogP contribution in [0.15, 0.2) is 76.0 Å². The molecule has 1 atom stereocenters. The molecule has 37 heavy (non-hydrogen) atoms. The van der Waals surface area contributed by atoms with Crippen LogP contribution in [0.25, 0.3) is 10.9 Å². The lowest BCUT2D eigenvalue weighted by Crippen LogP contribution is -2.36. The number of carbonyl (C=O) groups is 1. The van der Waals surface area contributed by atoms with E-state index in [9.17, 15) is 14.7 Å². The third-order valence-electron chi connectivity index (χ3n) is 6.77. The number of aromatic nitrogens is 1. The molecule has 0 saturated heterocycles. The highest BCUT2D eigenvalue weighted by molar-refractivity contribution is 5.86. The Labute approximate surface area is 215 Å². The summed E-state index contributed by atoms with van der Waals surface area (Å²) < 4.78 is 11.5. The lowest BCUT2D eigenvalue weighted by atomic mass is 9.91. The van der Waals surface area contributed by atoms with Crippen LogP contribution in [0, 0.1) is 6.92 Å². The molecule has 1 unspecified atom stereocenters. The number of rotatable bonds is 7. The largest absolute Gasteiger partial charge is 0.502 e. The molecule has 0 bridgehead atoms. The van der Waals surface area contributed by atoms with Crippen LogP contribution in [0.1, 0.15) is 47.6 Å². The van der Waals surface area contributed by atoms with Crippen molar-refractivity contribution in [1.29, 1.82) is 0 Å². The molecule has 1 amide bonds. The molecule has 0 radical (unpaired) electrons. The summed E-state index contributed by atoms with van der Waals surface area (Å²) in [6.45, 7) is 8.86. The van der Waals surface area contributed by atoms with Crippen molar-refractivity contribution < 1.29 is 19.1 Å². The number of H-pyrrole nitrogens is 1. The highest BCUT2D eigenvalue weighted by atomic mass is 16.5. The van der Waals surface area contributed by atoms with Gasteiger partial charge in [-0.1, -0.05) is 36.9 Å². The van der Waals surface area contributed by atoms with Gasteiger partial charge in [0.1, 0.15) is 18.1 Å². The third-order valence-corrected chi connectivity index (χ3v) is 6.77. The van der Waals surface area contributed by atoms with Gasteiger partial charge >= 0.3 is 0 Å². The van der Waals surface area contributed by atoms with Crippen molar-refractivity contribution in [3.8, 4) is 11.5 Å². The molecule has 2 aromatic heterocycles. The summed E-state index contributed by atoms with van der Waals surface area (Å²) in [5, 5.41) is 11.8. The molecule has 3 heterocycles. The van der Waals surface area contributed by atoms with E-state index in [2.05, 4.69) is 17.6 Å². The molecule has 0 spiro atoms. The van der Waals surface area contributed by atoms with Gasteiger partial charge < -0.3 is 24.1 Å². The number of amides is 1. The van der Waals surface area contributed by atoms with Crippen molar-refractivity contribution in [1.82, 2.24) is 9.88 Å². The molecule has 0 fully saturated rings. The van der Waals surface area contributed by atoms with E-state index in [-0.39, 0.29) is 18.1 Å². The SMILES string of the molecule is C=C(C)COc1ccc(C(CC(=O)N2CCc3c([nH]c4ccccc34)C2)c2oc(C)cc(=O)c2O)cc1. The summed E-state index contributed by atoms with van der Waals surface area (Å²) >= 11 is 0. The molecule has 7 nitrogen and oxygen atoms in total. The highest BCUT2D eigenvalue weighted by Gasteiger charge is 2.30. The standard InChI is InChI=1S/C30H30N2O5/c1-18(2)17-36-21-10-8-20(9-11-21)24(30-29(35)27(33)14-19(3)37-30)15-28(34)32-13-12-23-22-6-4-5-7-25(22)31-26(23)16-32/h4-11,14,24,31,35H,1,12-13,15-17H2,2-3H3. The zero-order chi connectivity index (χ0) is 26.1. The van der Waals surface area contributed by atoms with Gasteiger partial charge in [-0.15, -0.1) is 0 Å². The first kappa shape index (κ1) is 24.4. The summed E-state index contributed by atoms with van der Waals surface area (Å²) in [5.41, 5.74) is 4.48. The van der Waals surface area contributed by atoms with E-state index in [1.165, 1.54) is 17.0 Å². The molecular weight excluding hydrogens is 468 g/mol. The molecule has 2 N–H and O–H groups in total. The average Bonchev–Trinajstić information content (AvgIpc) is 3.26. The molecule has 1 aliphatic rings. The topological polar surface area (TPSA) is 95.8 Å². The van der Waals surface area contributed by atoms with Crippen LogP contribution in [0.2, 0.25) is 0 Å². The number of aromatic amines is 1. The smallest absolute Gasteiger partial charge is 0.227 e. The van der Waals surface area contributed by atoms with Gasteiger partial charge in [0.25, 0.3) is 0 Å². The monoisotopic (exact) mass is 498 g/mol. The predicted octanol–water partition coefficient (Wildman–Crippen LogP) is 5.20. The maximum atomic E-state index is 13.6. The first-order chi connectivity index (χ1) is 17.8. The number of aromatic hydroxyl groups is 1. The van der Waals surface area contributed by atoms with Gasteiger partial charge in [0.2, 0.25) is 17.1 Å². The van der Waals surface area contributed by atoms with Gasteiger partial charge in [-0.3, -0.25) is 9.59 Å².